The molecule has 2 aromatic rings. The molecule has 6 nitrogen and oxygen atoms in total. The fraction of sp³-hybridized carbons (Fsp3) is 0.211. The number of carbonyl (C=O) groups excluding carboxylic acids is 3. The lowest BCUT2D eigenvalue weighted by molar-refractivity contribution is -0.128. The van der Waals surface area contributed by atoms with Crippen LogP contribution < -0.4 is 10.2 Å². The van der Waals surface area contributed by atoms with Crippen molar-refractivity contribution in [2.24, 2.45) is 0 Å². The Balaban J connectivity index is 1.82. The summed E-state index contributed by atoms with van der Waals surface area (Å²) in [4.78, 5) is 38.8. The number of esters is 1. The summed E-state index contributed by atoms with van der Waals surface area (Å²) in [5, 5.41) is 3.03. The van der Waals surface area contributed by atoms with Crippen molar-refractivity contribution in [3.63, 3.8) is 0 Å². The SMILES string of the molecule is CC1(C)C(=O)Nc2ccccc2N1C(=O)COC(=O)c1cccc(Cl)c1Cl. The van der Waals surface area contributed by atoms with Crippen LogP contribution in [-0.4, -0.2) is 29.9 Å². The van der Waals surface area contributed by atoms with Crippen molar-refractivity contribution in [3.8, 4) is 0 Å². The first-order valence-electron chi connectivity index (χ1n) is 8.08. The number of rotatable bonds is 3. The van der Waals surface area contributed by atoms with Gasteiger partial charge in [-0.05, 0) is 38.1 Å². The lowest BCUT2D eigenvalue weighted by atomic mass is 9.96. The van der Waals surface area contributed by atoms with E-state index in [1.807, 2.05) is 0 Å². The lowest BCUT2D eigenvalue weighted by Gasteiger charge is -2.41. The van der Waals surface area contributed by atoms with E-state index < -0.39 is 24.0 Å². The third kappa shape index (κ3) is 3.50. The van der Waals surface area contributed by atoms with Crippen molar-refractivity contribution in [2.75, 3.05) is 16.8 Å². The minimum atomic E-state index is -1.15. The summed E-state index contributed by atoms with van der Waals surface area (Å²) in [6.45, 7) is 2.68. The Morgan fingerprint density at radius 3 is 2.56 bits per heavy atom. The summed E-state index contributed by atoms with van der Waals surface area (Å²) in [6, 6.07) is 11.5. The van der Waals surface area contributed by atoms with Crippen LogP contribution in [0.15, 0.2) is 42.5 Å². The molecule has 0 saturated heterocycles. The molecule has 0 spiro atoms. The van der Waals surface area contributed by atoms with E-state index in [0.29, 0.717) is 11.4 Å². The molecule has 1 N–H and O–H groups in total. The number of nitrogens with zero attached hydrogens (tertiary/aromatic N) is 1. The molecule has 0 bridgehead atoms. The Morgan fingerprint density at radius 2 is 1.81 bits per heavy atom. The number of ether oxygens (including phenoxy) is 1. The van der Waals surface area contributed by atoms with Crippen LogP contribution in [0.25, 0.3) is 0 Å². The standard InChI is InChI=1S/C19H16Cl2N2O4/c1-19(2)18(26)22-13-8-3-4-9-14(13)23(19)15(24)10-27-17(25)11-6-5-7-12(20)16(11)21/h3-9H,10H2,1-2H3,(H,22,26). The van der Waals surface area contributed by atoms with Crippen molar-refractivity contribution in [1.82, 2.24) is 0 Å². The van der Waals surface area contributed by atoms with Gasteiger partial charge >= 0.3 is 5.97 Å². The van der Waals surface area contributed by atoms with Crippen molar-refractivity contribution >= 4 is 52.4 Å². The molecule has 0 saturated carbocycles. The number of benzene rings is 2. The molecule has 3 rings (SSSR count). The predicted molar refractivity (Wildman–Crippen MR) is 103 cm³/mol. The molecule has 2 aromatic carbocycles. The van der Waals surface area contributed by atoms with Crippen LogP contribution >= 0.6 is 23.2 Å². The molecular formula is C19H16Cl2N2O4. The third-order valence-electron chi connectivity index (χ3n) is 4.26. The normalized spacial score (nSPS) is 15.0. The molecule has 0 unspecified atom stereocenters. The second-order valence-electron chi connectivity index (χ2n) is 6.44. The molecule has 2 amide bonds. The molecular weight excluding hydrogens is 391 g/mol. The summed E-state index contributed by atoms with van der Waals surface area (Å²) >= 11 is 11.9. The quantitative estimate of drug-likeness (QED) is 0.783. The number of hydrogen-bond donors (Lipinski definition) is 1. The Morgan fingerprint density at radius 1 is 1.11 bits per heavy atom. The van der Waals surface area contributed by atoms with Gasteiger partial charge in [0.05, 0.1) is 27.0 Å². The highest BCUT2D eigenvalue weighted by atomic mass is 35.5. The van der Waals surface area contributed by atoms with Gasteiger partial charge in [-0.3, -0.25) is 14.5 Å². The van der Waals surface area contributed by atoms with E-state index in [-0.39, 0.29) is 21.5 Å². The molecule has 8 heteroatoms. The van der Waals surface area contributed by atoms with Gasteiger partial charge in [-0.15, -0.1) is 0 Å². The van der Waals surface area contributed by atoms with Gasteiger partial charge in [-0.25, -0.2) is 4.79 Å². The maximum absolute atomic E-state index is 12.8. The summed E-state index contributed by atoms with van der Waals surface area (Å²) < 4.78 is 5.12. The Labute approximate surface area is 166 Å². The Bertz CT molecular complexity index is 943. The maximum atomic E-state index is 12.8. The molecule has 0 radical (unpaired) electrons. The number of halogens is 2. The number of anilines is 2. The average Bonchev–Trinajstić information content (AvgIpc) is 2.62. The van der Waals surface area contributed by atoms with Crippen molar-refractivity contribution in [3.05, 3.63) is 58.1 Å². The van der Waals surface area contributed by atoms with Crippen LogP contribution in [0.1, 0.15) is 24.2 Å². The third-order valence-corrected chi connectivity index (χ3v) is 5.07. The Hall–Kier alpha value is -2.57. The van der Waals surface area contributed by atoms with Gasteiger partial charge in [0.25, 0.3) is 5.91 Å². The molecule has 0 aromatic heterocycles. The van der Waals surface area contributed by atoms with Crippen molar-refractivity contribution < 1.29 is 19.1 Å². The molecule has 0 atom stereocenters. The lowest BCUT2D eigenvalue weighted by Crippen LogP contribution is -2.59. The zero-order valence-electron chi connectivity index (χ0n) is 14.6. The maximum Gasteiger partial charge on any atom is 0.340 e. The van der Waals surface area contributed by atoms with E-state index in [1.165, 1.54) is 17.0 Å². The van der Waals surface area contributed by atoms with Gasteiger partial charge in [0, 0.05) is 0 Å². The summed E-state index contributed by atoms with van der Waals surface area (Å²) in [7, 11) is 0. The van der Waals surface area contributed by atoms with E-state index >= 15 is 0 Å². The zero-order chi connectivity index (χ0) is 19.8. The number of para-hydroxylation sites is 2. The molecule has 0 fully saturated rings. The van der Waals surface area contributed by atoms with Crippen LogP contribution in [0.2, 0.25) is 10.0 Å². The predicted octanol–water partition coefficient (Wildman–Crippen LogP) is 3.91. The second kappa shape index (κ2) is 7.21. The van der Waals surface area contributed by atoms with E-state index in [1.54, 1.807) is 44.2 Å². The summed E-state index contributed by atoms with van der Waals surface area (Å²) in [5.41, 5.74) is -0.0396. The molecule has 1 aliphatic rings. The van der Waals surface area contributed by atoms with Crippen LogP contribution in [0.5, 0.6) is 0 Å². The first-order chi connectivity index (χ1) is 12.7. The summed E-state index contributed by atoms with van der Waals surface area (Å²) in [5.74, 6) is -1.64. The molecule has 0 aliphatic carbocycles. The van der Waals surface area contributed by atoms with Crippen molar-refractivity contribution in [1.29, 1.82) is 0 Å². The largest absolute Gasteiger partial charge is 0.452 e. The highest BCUT2D eigenvalue weighted by Gasteiger charge is 2.43. The number of nitrogens with one attached hydrogen (secondary N) is 1. The average molecular weight is 407 g/mol. The van der Waals surface area contributed by atoms with Gasteiger partial charge in [0.1, 0.15) is 5.54 Å². The fourth-order valence-electron chi connectivity index (χ4n) is 2.83. The second-order valence-corrected chi connectivity index (χ2v) is 7.22. The zero-order valence-corrected chi connectivity index (χ0v) is 16.1. The monoisotopic (exact) mass is 406 g/mol. The van der Waals surface area contributed by atoms with Gasteiger partial charge in [0.15, 0.2) is 6.61 Å². The Kier molecular flexibility index (Phi) is 5.13. The molecule has 140 valence electrons. The minimum Gasteiger partial charge on any atom is -0.452 e. The van der Waals surface area contributed by atoms with Crippen LogP contribution in [0.4, 0.5) is 11.4 Å². The highest BCUT2D eigenvalue weighted by Crippen LogP contribution is 2.36. The van der Waals surface area contributed by atoms with E-state index in [9.17, 15) is 14.4 Å². The molecule has 1 aliphatic heterocycles. The van der Waals surface area contributed by atoms with Gasteiger partial charge in [-0.2, -0.15) is 0 Å². The number of amides is 2. The number of hydrogen-bond acceptors (Lipinski definition) is 4. The number of fused-ring (bicyclic) bond motifs is 1. The smallest absolute Gasteiger partial charge is 0.340 e. The van der Waals surface area contributed by atoms with E-state index in [4.69, 9.17) is 27.9 Å². The number of carbonyl (C=O) groups is 3. The van der Waals surface area contributed by atoms with Crippen molar-refractivity contribution in [2.45, 2.75) is 19.4 Å². The van der Waals surface area contributed by atoms with E-state index in [2.05, 4.69) is 5.32 Å². The van der Waals surface area contributed by atoms with Gasteiger partial charge in [-0.1, -0.05) is 41.4 Å². The first kappa shape index (κ1) is 19.2. The van der Waals surface area contributed by atoms with Crippen LogP contribution in [-0.2, 0) is 14.3 Å². The molecule has 27 heavy (non-hydrogen) atoms. The van der Waals surface area contributed by atoms with Crippen LogP contribution in [0.3, 0.4) is 0 Å². The highest BCUT2D eigenvalue weighted by molar-refractivity contribution is 6.43. The first-order valence-corrected chi connectivity index (χ1v) is 8.83. The van der Waals surface area contributed by atoms with Gasteiger partial charge in [0.2, 0.25) is 5.91 Å². The van der Waals surface area contributed by atoms with Gasteiger partial charge < -0.3 is 10.1 Å². The topological polar surface area (TPSA) is 75.7 Å². The van der Waals surface area contributed by atoms with Crippen LogP contribution in [0, 0.1) is 0 Å². The summed E-state index contributed by atoms with van der Waals surface area (Å²) in [6.07, 6.45) is 0. The molecule has 1 heterocycles. The van der Waals surface area contributed by atoms with E-state index in [0.717, 1.165) is 0 Å². The minimum absolute atomic E-state index is 0.0552. The fourth-order valence-corrected chi connectivity index (χ4v) is 3.21.